The molecule has 0 amide bonds. The summed E-state index contributed by atoms with van der Waals surface area (Å²) in [5, 5.41) is 8.60. The summed E-state index contributed by atoms with van der Waals surface area (Å²) in [5.41, 5.74) is 0. The van der Waals surface area contributed by atoms with Crippen LogP contribution in [0.15, 0.2) is 0 Å². The minimum Gasteiger partial charge on any atom is -0.388 e. The third-order valence-corrected chi connectivity index (χ3v) is 1.13. The molecule has 60 valence electrons. The van der Waals surface area contributed by atoms with Crippen molar-refractivity contribution < 1.29 is 45.2 Å². The first kappa shape index (κ1) is 13.3. The number of ether oxygens (including phenoxy) is 3. The summed E-state index contributed by atoms with van der Waals surface area (Å²) in [7, 11) is 4.18. The van der Waals surface area contributed by atoms with Crippen molar-refractivity contribution in [1.82, 2.24) is 0 Å². The topological polar surface area (TPSA) is 47.9 Å². The summed E-state index contributed by atoms with van der Waals surface area (Å²) in [4.78, 5) is 0. The molecule has 0 atom stereocenters. The number of aliphatic hydroxyl groups is 1. The van der Waals surface area contributed by atoms with Crippen molar-refractivity contribution in [2.24, 2.45) is 0 Å². The normalized spacial score (nSPS) is 10.8. The fourth-order valence-electron chi connectivity index (χ4n) is 0.444. The Kier molecular flexibility index (Phi) is 8.55. The van der Waals surface area contributed by atoms with Crippen molar-refractivity contribution in [2.45, 2.75) is 5.97 Å². The van der Waals surface area contributed by atoms with Crippen LogP contribution < -0.4 is 0 Å². The van der Waals surface area contributed by atoms with Gasteiger partial charge in [-0.15, -0.1) is 0 Å². The molecule has 0 aliphatic rings. The van der Waals surface area contributed by atoms with Crippen LogP contribution in [0.1, 0.15) is 0 Å². The van der Waals surface area contributed by atoms with Crippen molar-refractivity contribution in [1.29, 1.82) is 0 Å². The quantitative estimate of drug-likeness (QED) is 0.565. The largest absolute Gasteiger partial charge is 0.388 e. The zero-order valence-electron chi connectivity index (χ0n) is 6.38. The Bertz CT molecular complexity index is 56.5. The second-order valence-electron chi connectivity index (χ2n) is 1.45. The molecule has 1 N–H and O–H groups in total. The Balaban J connectivity index is 0. The SMILES string of the molecule is COC(CO)(OC)OC.[Hf]. The molecule has 0 saturated carbocycles. The Morgan fingerprint density at radius 3 is 1.40 bits per heavy atom. The second kappa shape index (κ2) is 6.42. The number of aliphatic hydroxyl groups excluding tert-OH is 1. The Morgan fingerprint density at radius 2 is 1.40 bits per heavy atom. The van der Waals surface area contributed by atoms with E-state index in [0.29, 0.717) is 0 Å². The van der Waals surface area contributed by atoms with E-state index in [1.165, 1.54) is 21.3 Å². The maximum atomic E-state index is 8.60. The van der Waals surface area contributed by atoms with Gasteiger partial charge in [0.1, 0.15) is 6.61 Å². The van der Waals surface area contributed by atoms with Crippen LogP contribution in [0.25, 0.3) is 0 Å². The molecule has 5 heteroatoms. The Hall–Kier alpha value is 0.710. The van der Waals surface area contributed by atoms with Crippen LogP contribution in [0.2, 0.25) is 0 Å². The third-order valence-electron chi connectivity index (χ3n) is 1.13. The van der Waals surface area contributed by atoms with E-state index >= 15 is 0 Å². The van der Waals surface area contributed by atoms with E-state index in [1.807, 2.05) is 0 Å². The fourth-order valence-corrected chi connectivity index (χ4v) is 0.444. The number of hydrogen-bond acceptors (Lipinski definition) is 4. The van der Waals surface area contributed by atoms with Crippen molar-refractivity contribution in [3.05, 3.63) is 0 Å². The molecule has 0 aliphatic carbocycles. The van der Waals surface area contributed by atoms with E-state index in [4.69, 9.17) is 19.3 Å². The van der Waals surface area contributed by atoms with Gasteiger partial charge in [0, 0.05) is 47.2 Å². The average Bonchev–Trinajstić information content (AvgIpc) is 1.95. The first-order chi connectivity index (χ1) is 4.24. The van der Waals surface area contributed by atoms with Crippen LogP contribution in [-0.4, -0.2) is 39.0 Å². The summed E-state index contributed by atoms with van der Waals surface area (Å²) >= 11 is 0. The minimum absolute atomic E-state index is 0. The smallest absolute Gasteiger partial charge is 0.306 e. The van der Waals surface area contributed by atoms with Gasteiger partial charge in [0.25, 0.3) is 0 Å². The number of hydrogen-bond donors (Lipinski definition) is 1. The Morgan fingerprint density at radius 1 is 1.10 bits per heavy atom. The van der Waals surface area contributed by atoms with Crippen molar-refractivity contribution >= 4 is 0 Å². The molecule has 10 heavy (non-hydrogen) atoms. The average molecular weight is 315 g/mol. The van der Waals surface area contributed by atoms with E-state index in [-0.39, 0.29) is 32.5 Å². The van der Waals surface area contributed by atoms with Crippen molar-refractivity contribution in [3.63, 3.8) is 0 Å². The summed E-state index contributed by atoms with van der Waals surface area (Å²) in [6, 6.07) is 0. The Labute approximate surface area is 79.2 Å². The predicted molar refractivity (Wildman–Crippen MR) is 30.8 cm³/mol. The van der Waals surface area contributed by atoms with Gasteiger partial charge in [-0.1, -0.05) is 0 Å². The molecule has 0 spiro atoms. The molecule has 0 radical (unpaired) electrons. The minimum atomic E-state index is -1.28. The van der Waals surface area contributed by atoms with Crippen LogP contribution in [0.5, 0.6) is 0 Å². The van der Waals surface area contributed by atoms with Gasteiger partial charge in [0.2, 0.25) is 0 Å². The van der Waals surface area contributed by atoms with Crippen molar-refractivity contribution in [2.75, 3.05) is 27.9 Å². The molecular formula is C5H12HfO4. The molecule has 0 rings (SSSR count). The molecule has 0 bridgehead atoms. The van der Waals surface area contributed by atoms with E-state index in [0.717, 1.165) is 0 Å². The maximum Gasteiger partial charge on any atom is 0.306 e. The molecular weight excluding hydrogens is 303 g/mol. The molecule has 0 heterocycles. The van der Waals surface area contributed by atoms with Gasteiger partial charge in [-0.05, 0) is 0 Å². The standard InChI is InChI=1S/C5H12O4.Hf/c1-7-5(4-6,8-2)9-3;/h6H,4H2,1-3H3;. The second-order valence-corrected chi connectivity index (χ2v) is 1.45. The monoisotopic (exact) mass is 316 g/mol. The third kappa shape index (κ3) is 3.21. The first-order valence-corrected chi connectivity index (χ1v) is 2.51. The molecule has 0 aliphatic heterocycles. The van der Waals surface area contributed by atoms with Crippen LogP contribution in [0, 0.1) is 0 Å². The molecule has 0 aromatic rings. The first-order valence-electron chi connectivity index (χ1n) is 2.51. The maximum absolute atomic E-state index is 8.60. The van der Waals surface area contributed by atoms with Gasteiger partial charge in [0.15, 0.2) is 0 Å². The molecule has 0 saturated heterocycles. The molecule has 4 nitrogen and oxygen atoms in total. The zero-order valence-corrected chi connectivity index (χ0v) is 9.97. The van der Waals surface area contributed by atoms with Crippen LogP contribution in [0.4, 0.5) is 0 Å². The zero-order chi connectivity index (χ0) is 7.33. The molecule has 0 aromatic carbocycles. The fraction of sp³-hybridized carbons (Fsp3) is 1.00. The van der Waals surface area contributed by atoms with Gasteiger partial charge in [0.05, 0.1) is 0 Å². The van der Waals surface area contributed by atoms with Gasteiger partial charge in [-0.2, -0.15) is 0 Å². The van der Waals surface area contributed by atoms with Gasteiger partial charge in [-0.3, -0.25) is 0 Å². The van der Waals surface area contributed by atoms with Crippen LogP contribution in [0.3, 0.4) is 0 Å². The van der Waals surface area contributed by atoms with Crippen LogP contribution in [-0.2, 0) is 40.1 Å². The van der Waals surface area contributed by atoms with Gasteiger partial charge in [-0.25, -0.2) is 0 Å². The molecule has 0 unspecified atom stereocenters. The molecule has 0 fully saturated rings. The summed E-state index contributed by atoms with van der Waals surface area (Å²) in [6.07, 6.45) is 0. The van der Waals surface area contributed by atoms with E-state index in [1.54, 1.807) is 0 Å². The van der Waals surface area contributed by atoms with Crippen molar-refractivity contribution in [3.8, 4) is 0 Å². The molecule has 0 aromatic heterocycles. The number of rotatable bonds is 4. The van der Waals surface area contributed by atoms with E-state index in [9.17, 15) is 0 Å². The van der Waals surface area contributed by atoms with Gasteiger partial charge < -0.3 is 19.3 Å². The summed E-state index contributed by atoms with van der Waals surface area (Å²) < 4.78 is 14.1. The summed E-state index contributed by atoms with van der Waals surface area (Å²) in [6.45, 7) is -0.323. The van der Waals surface area contributed by atoms with Gasteiger partial charge >= 0.3 is 5.97 Å². The van der Waals surface area contributed by atoms with E-state index in [2.05, 4.69) is 0 Å². The predicted octanol–water partition coefficient (Wildman–Crippen LogP) is -0.431. The number of methoxy groups -OCH3 is 3. The summed E-state index contributed by atoms with van der Waals surface area (Å²) in [5.74, 6) is -1.28. The van der Waals surface area contributed by atoms with Crippen LogP contribution >= 0.6 is 0 Å². The van der Waals surface area contributed by atoms with E-state index < -0.39 is 5.97 Å².